The summed E-state index contributed by atoms with van der Waals surface area (Å²) in [6.45, 7) is 4.72. The Morgan fingerprint density at radius 2 is 2.14 bits per heavy atom. The van der Waals surface area contributed by atoms with Crippen molar-refractivity contribution in [2.75, 3.05) is 18.1 Å². The molecule has 8 heteroatoms. The number of rotatable bonds is 5. The van der Waals surface area contributed by atoms with Crippen LogP contribution in [0.15, 0.2) is 41.9 Å². The molecule has 0 saturated heterocycles. The van der Waals surface area contributed by atoms with E-state index in [1.807, 2.05) is 54.1 Å². The summed E-state index contributed by atoms with van der Waals surface area (Å²) >= 11 is 1.51. The van der Waals surface area contributed by atoms with E-state index < -0.39 is 5.97 Å². The molecule has 0 fully saturated rings. The SMILES string of the molecule is Cc1cc(C(=O)OCCN2C(=O)NCc3ccccc32)c(C)n1-c1nccs1. The highest BCUT2D eigenvalue weighted by Crippen LogP contribution is 2.25. The zero-order chi connectivity index (χ0) is 19.7. The quantitative estimate of drug-likeness (QED) is 0.671. The number of ether oxygens (including phenoxy) is 1. The average Bonchev–Trinajstić information content (AvgIpc) is 3.31. The van der Waals surface area contributed by atoms with E-state index in [2.05, 4.69) is 10.3 Å². The number of thiazole rings is 1. The molecule has 3 aromatic rings. The molecule has 2 amide bonds. The Labute approximate surface area is 166 Å². The van der Waals surface area contributed by atoms with Crippen LogP contribution in [0.25, 0.3) is 5.13 Å². The molecule has 144 valence electrons. The second-order valence-corrected chi connectivity index (χ2v) is 7.38. The van der Waals surface area contributed by atoms with Crippen molar-refractivity contribution < 1.29 is 14.3 Å². The van der Waals surface area contributed by atoms with E-state index in [0.29, 0.717) is 18.7 Å². The van der Waals surface area contributed by atoms with Gasteiger partial charge in [-0.1, -0.05) is 18.2 Å². The lowest BCUT2D eigenvalue weighted by molar-refractivity contribution is 0.0514. The fourth-order valence-corrected chi connectivity index (χ4v) is 4.17. The number of urea groups is 1. The maximum atomic E-state index is 12.6. The van der Waals surface area contributed by atoms with Gasteiger partial charge in [0, 0.05) is 29.5 Å². The lowest BCUT2D eigenvalue weighted by Gasteiger charge is -2.29. The minimum absolute atomic E-state index is 0.113. The molecule has 0 spiro atoms. The Morgan fingerprint density at radius 3 is 2.93 bits per heavy atom. The molecule has 0 bridgehead atoms. The van der Waals surface area contributed by atoms with Crippen molar-refractivity contribution >= 4 is 29.0 Å². The molecule has 1 aliphatic heterocycles. The molecule has 1 N–H and O–H groups in total. The summed E-state index contributed by atoms with van der Waals surface area (Å²) in [5.74, 6) is -0.401. The third kappa shape index (κ3) is 3.27. The number of hydrogen-bond acceptors (Lipinski definition) is 5. The fraction of sp³-hybridized carbons (Fsp3) is 0.250. The highest BCUT2D eigenvalue weighted by molar-refractivity contribution is 7.12. The second-order valence-electron chi connectivity index (χ2n) is 6.51. The molecule has 0 aliphatic carbocycles. The number of hydrogen-bond donors (Lipinski definition) is 1. The maximum Gasteiger partial charge on any atom is 0.340 e. The first-order valence-corrected chi connectivity index (χ1v) is 9.83. The van der Waals surface area contributed by atoms with Gasteiger partial charge < -0.3 is 10.1 Å². The molecule has 0 radical (unpaired) electrons. The number of nitrogens with zero attached hydrogens (tertiary/aromatic N) is 3. The van der Waals surface area contributed by atoms with E-state index in [1.54, 1.807) is 11.1 Å². The lowest BCUT2D eigenvalue weighted by Crippen LogP contribution is -2.45. The van der Waals surface area contributed by atoms with Crippen LogP contribution >= 0.6 is 11.3 Å². The van der Waals surface area contributed by atoms with Gasteiger partial charge in [0.25, 0.3) is 0 Å². The van der Waals surface area contributed by atoms with Gasteiger partial charge in [-0.2, -0.15) is 0 Å². The third-order valence-corrected chi connectivity index (χ3v) is 5.52. The van der Waals surface area contributed by atoms with Gasteiger partial charge in [0.15, 0.2) is 5.13 Å². The number of nitrogens with one attached hydrogen (secondary N) is 1. The van der Waals surface area contributed by atoms with Gasteiger partial charge >= 0.3 is 12.0 Å². The van der Waals surface area contributed by atoms with Crippen LogP contribution in [0.1, 0.15) is 27.3 Å². The Bertz CT molecular complexity index is 1030. The number of aryl methyl sites for hydroxylation is 1. The Morgan fingerprint density at radius 1 is 1.32 bits per heavy atom. The summed E-state index contributed by atoms with van der Waals surface area (Å²) in [6, 6.07) is 9.33. The first kappa shape index (κ1) is 18.2. The molecule has 1 aromatic carbocycles. The van der Waals surface area contributed by atoms with Crippen molar-refractivity contribution in [2.45, 2.75) is 20.4 Å². The van der Waals surface area contributed by atoms with Crippen LogP contribution in [0.3, 0.4) is 0 Å². The monoisotopic (exact) mass is 396 g/mol. The van der Waals surface area contributed by atoms with E-state index in [9.17, 15) is 9.59 Å². The number of amides is 2. The summed E-state index contributed by atoms with van der Waals surface area (Å²) in [4.78, 5) is 30.7. The first-order valence-electron chi connectivity index (χ1n) is 8.95. The van der Waals surface area contributed by atoms with Gasteiger partial charge in [0.1, 0.15) is 6.61 Å². The highest BCUT2D eigenvalue weighted by atomic mass is 32.1. The van der Waals surface area contributed by atoms with Crippen LogP contribution in [0, 0.1) is 13.8 Å². The number of carbonyl (C=O) groups excluding carboxylic acids is 2. The van der Waals surface area contributed by atoms with Crippen LogP contribution in [0.5, 0.6) is 0 Å². The van der Waals surface area contributed by atoms with Crippen molar-refractivity contribution in [3.05, 3.63) is 64.4 Å². The number of fused-ring (bicyclic) bond motifs is 1. The Hall–Kier alpha value is -3.13. The predicted molar refractivity (Wildman–Crippen MR) is 107 cm³/mol. The van der Waals surface area contributed by atoms with E-state index in [0.717, 1.165) is 27.8 Å². The predicted octanol–water partition coefficient (Wildman–Crippen LogP) is 3.44. The van der Waals surface area contributed by atoms with Crippen LogP contribution in [-0.4, -0.2) is 34.7 Å². The van der Waals surface area contributed by atoms with Crippen LogP contribution in [0.4, 0.5) is 10.5 Å². The van der Waals surface area contributed by atoms with E-state index >= 15 is 0 Å². The number of anilines is 1. The van der Waals surface area contributed by atoms with E-state index in [1.165, 1.54) is 11.3 Å². The topological polar surface area (TPSA) is 76.5 Å². The number of carbonyl (C=O) groups is 2. The summed E-state index contributed by atoms with van der Waals surface area (Å²) in [5.41, 5.74) is 4.11. The summed E-state index contributed by atoms with van der Waals surface area (Å²) in [7, 11) is 0. The molecule has 3 heterocycles. The minimum Gasteiger partial charge on any atom is -0.460 e. The van der Waals surface area contributed by atoms with Gasteiger partial charge in [0.2, 0.25) is 0 Å². The Kier molecular flexibility index (Phi) is 4.87. The first-order chi connectivity index (χ1) is 13.6. The average molecular weight is 396 g/mol. The van der Waals surface area contributed by atoms with Gasteiger partial charge in [-0.3, -0.25) is 9.47 Å². The molecular weight excluding hydrogens is 376 g/mol. The Balaban J connectivity index is 1.45. The molecule has 0 saturated carbocycles. The zero-order valence-corrected chi connectivity index (χ0v) is 16.5. The standard InChI is InChI=1S/C20H20N4O3S/c1-13-11-16(14(2)24(13)20-21-7-10-28-20)18(25)27-9-8-23-17-6-4-3-5-15(17)12-22-19(23)26/h3-7,10-11H,8-9,12H2,1-2H3,(H,22,26). The fourth-order valence-electron chi connectivity index (χ4n) is 3.42. The molecule has 1 aliphatic rings. The van der Waals surface area contributed by atoms with Gasteiger partial charge in [-0.05, 0) is 31.5 Å². The zero-order valence-electron chi connectivity index (χ0n) is 15.6. The number of esters is 1. The summed E-state index contributed by atoms with van der Waals surface area (Å²) < 4.78 is 7.41. The molecule has 7 nitrogen and oxygen atoms in total. The van der Waals surface area contributed by atoms with Crippen molar-refractivity contribution in [1.29, 1.82) is 0 Å². The molecule has 0 atom stereocenters. The van der Waals surface area contributed by atoms with Crippen LogP contribution in [0.2, 0.25) is 0 Å². The molecular formula is C20H20N4O3S. The number of benzene rings is 1. The van der Waals surface area contributed by atoms with Crippen molar-refractivity contribution in [2.24, 2.45) is 0 Å². The largest absolute Gasteiger partial charge is 0.460 e. The van der Waals surface area contributed by atoms with Crippen LogP contribution in [-0.2, 0) is 11.3 Å². The summed E-state index contributed by atoms with van der Waals surface area (Å²) in [5, 5.41) is 5.54. The van der Waals surface area contributed by atoms with Crippen molar-refractivity contribution in [3.63, 3.8) is 0 Å². The van der Waals surface area contributed by atoms with Gasteiger partial charge in [0.05, 0.1) is 17.8 Å². The van der Waals surface area contributed by atoms with Gasteiger partial charge in [-0.25, -0.2) is 14.6 Å². The molecule has 28 heavy (non-hydrogen) atoms. The lowest BCUT2D eigenvalue weighted by atomic mass is 10.1. The molecule has 4 rings (SSSR count). The minimum atomic E-state index is -0.401. The third-order valence-electron chi connectivity index (χ3n) is 4.77. The highest BCUT2D eigenvalue weighted by Gasteiger charge is 2.24. The van der Waals surface area contributed by atoms with Gasteiger partial charge in [-0.15, -0.1) is 11.3 Å². The smallest absolute Gasteiger partial charge is 0.340 e. The van der Waals surface area contributed by atoms with E-state index in [4.69, 9.17) is 4.74 Å². The van der Waals surface area contributed by atoms with E-state index in [-0.39, 0.29) is 12.6 Å². The number of para-hydroxylation sites is 1. The van der Waals surface area contributed by atoms with Crippen molar-refractivity contribution in [1.82, 2.24) is 14.9 Å². The normalized spacial score (nSPS) is 13.2. The van der Waals surface area contributed by atoms with Crippen molar-refractivity contribution in [3.8, 4) is 5.13 Å². The second kappa shape index (κ2) is 7.47. The molecule has 2 aromatic heterocycles. The van der Waals surface area contributed by atoms with Crippen LogP contribution < -0.4 is 10.2 Å². The maximum absolute atomic E-state index is 12.6. The molecule has 0 unspecified atom stereocenters. The number of aromatic nitrogens is 2. The summed E-state index contributed by atoms with van der Waals surface area (Å²) in [6.07, 6.45) is 1.73.